The summed E-state index contributed by atoms with van der Waals surface area (Å²) in [6, 6.07) is 38.9. The minimum absolute atomic E-state index is 0.153. The van der Waals surface area contributed by atoms with E-state index >= 15 is 4.57 Å². The number of rotatable bonds is 11. The fourth-order valence-electron chi connectivity index (χ4n) is 4.59. The van der Waals surface area contributed by atoms with Gasteiger partial charge in [0.2, 0.25) is 0 Å². The molecule has 0 aliphatic carbocycles. The van der Waals surface area contributed by atoms with Crippen LogP contribution in [0.2, 0.25) is 0 Å². The summed E-state index contributed by atoms with van der Waals surface area (Å²) in [7, 11) is -3.25. The van der Waals surface area contributed by atoms with Crippen molar-refractivity contribution in [2.24, 2.45) is 0 Å². The Morgan fingerprint density at radius 1 is 0.714 bits per heavy atom. The van der Waals surface area contributed by atoms with Gasteiger partial charge in [0.15, 0.2) is 0 Å². The quantitative estimate of drug-likeness (QED) is 0.248. The monoisotopic (exact) mass is 484 g/mol. The highest BCUT2D eigenvalue weighted by molar-refractivity contribution is 7.79. The van der Waals surface area contributed by atoms with E-state index in [1.54, 1.807) is 0 Å². The molecular weight excluding hydrogens is 451 g/mol. The molecular formula is C31H33O3P. The number of ether oxygens (including phenoxy) is 1. The lowest BCUT2D eigenvalue weighted by molar-refractivity contribution is 0.0227. The van der Waals surface area contributed by atoms with Crippen molar-refractivity contribution in [3.05, 3.63) is 132 Å². The Hall–Kier alpha value is -2.97. The molecule has 4 heteroatoms. The number of hydrogen-bond acceptors (Lipinski definition) is 3. The molecule has 0 bridgehead atoms. The smallest absolute Gasteiger partial charge is 0.149 e. The standard InChI is InChI=1S/C31H33O3P/c1-2-27(34-24-25-15-7-3-8-16-25)23-30(31(32)26-17-9-4-10-18-26)35(33,28-19-11-5-12-20-28)29-21-13-6-14-22-29/h3-22,27,30-32H,2,23-24H2,1H3/t27-,30-,31+/m1/s1. The molecule has 0 saturated heterocycles. The van der Waals surface area contributed by atoms with E-state index in [4.69, 9.17) is 4.74 Å². The molecule has 3 nitrogen and oxygen atoms in total. The first kappa shape index (κ1) is 25.1. The molecule has 0 aliphatic rings. The van der Waals surface area contributed by atoms with Crippen molar-refractivity contribution in [3.63, 3.8) is 0 Å². The van der Waals surface area contributed by atoms with Gasteiger partial charge in [-0.1, -0.05) is 128 Å². The maximum absolute atomic E-state index is 15.2. The van der Waals surface area contributed by atoms with Crippen LogP contribution >= 0.6 is 7.14 Å². The molecule has 1 N–H and O–H groups in total. The van der Waals surface area contributed by atoms with Gasteiger partial charge in [-0.25, -0.2) is 0 Å². The van der Waals surface area contributed by atoms with Crippen LogP contribution in [-0.4, -0.2) is 16.9 Å². The number of benzene rings is 4. The third kappa shape index (κ3) is 6.00. The van der Waals surface area contributed by atoms with E-state index in [9.17, 15) is 5.11 Å². The van der Waals surface area contributed by atoms with Crippen LogP contribution in [0.25, 0.3) is 0 Å². The van der Waals surface area contributed by atoms with Crippen molar-refractivity contribution >= 4 is 17.8 Å². The highest BCUT2D eigenvalue weighted by Crippen LogP contribution is 2.55. The fourth-order valence-corrected chi connectivity index (χ4v) is 7.99. The van der Waals surface area contributed by atoms with Crippen molar-refractivity contribution in [2.75, 3.05) is 0 Å². The van der Waals surface area contributed by atoms with Gasteiger partial charge in [-0.3, -0.25) is 0 Å². The predicted octanol–water partition coefficient (Wildman–Crippen LogP) is 6.49. The number of aliphatic hydroxyl groups excluding tert-OH is 1. The first-order valence-corrected chi connectivity index (χ1v) is 14.0. The van der Waals surface area contributed by atoms with Gasteiger partial charge in [0.25, 0.3) is 0 Å². The van der Waals surface area contributed by atoms with Crippen molar-refractivity contribution < 1.29 is 14.4 Å². The van der Waals surface area contributed by atoms with E-state index in [-0.39, 0.29) is 6.10 Å². The average molecular weight is 485 g/mol. The van der Waals surface area contributed by atoms with E-state index < -0.39 is 18.9 Å². The number of hydrogen-bond donors (Lipinski definition) is 1. The third-order valence-corrected chi connectivity index (χ3v) is 10.1. The molecule has 0 saturated carbocycles. The van der Waals surface area contributed by atoms with E-state index in [0.29, 0.717) is 13.0 Å². The Morgan fingerprint density at radius 3 is 1.66 bits per heavy atom. The average Bonchev–Trinajstić information content (AvgIpc) is 2.94. The van der Waals surface area contributed by atoms with Gasteiger partial charge in [0, 0.05) is 10.6 Å². The Kier molecular flexibility index (Phi) is 8.71. The Balaban J connectivity index is 1.75. The van der Waals surface area contributed by atoms with Crippen LogP contribution in [0, 0.1) is 0 Å². The summed E-state index contributed by atoms with van der Waals surface area (Å²) in [4.78, 5) is 0. The molecule has 0 heterocycles. The second kappa shape index (κ2) is 12.1. The topological polar surface area (TPSA) is 46.5 Å². The first-order chi connectivity index (χ1) is 17.1. The Bertz CT molecular complexity index is 1150. The second-order valence-electron chi connectivity index (χ2n) is 8.81. The molecule has 0 spiro atoms. The van der Waals surface area contributed by atoms with Gasteiger partial charge >= 0.3 is 0 Å². The molecule has 0 unspecified atom stereocenters. The van der Waals surface area contributed by atoms with Gasteiger partial charge in [-0.15, -0.1) is 0 Å². The molecule has 0 aliphatic heterocycles. The van der Waals surface area contributed by atoms with Gasteiger partial charge in [-0.05, 0) is 24.0 Å². The van der Waals surface area contributed by atoms with Crippen LogP contribution in [0.4, 0.5) is 0 Å². The lowest BCUT2D eigenvalue weighted by Gasteiger charge is -2.34. The lowest BCUT2D eigenvalue weighted by Crippen LogP contribution is -2.34. The largest absolute Gasteiger partial charge is 0.388 e. The van der Waals surface area contributed by atoms with Gasteiger partial charge in [-0.2, -0.15) is 0 Å². The van der Waals surface area contributed by atoms with Crippen LogP contribution in [-0.2, 0) is 15.9 Å². The van der Waals surface area contributed by atoms with Crippen LogP contribution in [0.15, 0.2) is 121 Å². The lowest BCUT2D eigenvalue weighted by atomic mass is 10.0. The summed E-state index contributed by atoms with van der Waals surface area (Å²) >= 11 is 0. The predicted molar refractivity (Wildman–Crippen MR) is 145 cm³/mol. The molecule has 4 aromatic rings. The zero-order chi connectivity index (χ0) is 24.5. The molecule has 0 aromatic heterocycles. The van der Waals surface area contributed by atoms with Crippen LogP contribution in [0.1, 0.15) is 37.0 Å². The Morgan fingerprint density at radius 2 is 1.17 bits per heavy atom. The molecule has 180 valence electrons. The Labute approximate surface area is 208 Å². The minimum Gasteiger partial charge on any atom is -0.388 e. The third-order valence-electron chi connectivity index (χ3n) is 6.54. The SMILES string of the molecule is CC[C@H](C[C@H]([C@@H](O)c1ccccc1)P(=O)(c1ccccc1)c1ccccc1)OCc1ccccc1. The van der Waals surface area contributed by atoms with E-state index in [1.807, 2.05) is 121 Å². The van der Waals surface area contributed by atoms with Gasteiger partial charge in [0.05, 0.1) is 24.5 Å². The molecule has 3 atom stereocenters. The summed E-state index contributed by atoms with van der Waals surface area (Å²) in [5, 5.41) is 13.2. The highest BCUT2D eigenvalue weighted by Gasteiger charge is 2.42. The molecule has 0 amide bonds. The van der Waals surface area contributed by atoms with E-state index in [1.165, 1.54) is 0 Å². The number of aliphatic hydroxyl groups is 1. The van der Waals surface area contributed by atoms with Crippen LogP contribution < -0.4 is 10.6 Å². The summed E-state index contributed by atoms with van der Waals surface area (Å²) in [6.07, 6.45) is 0.172. The van der Waals surface area contributed by atoms with E-state index in [0.717, 1.165) is 28.2 Å². The maximum atomic E-state index is 15.2. The van der Waals surface area contributed by atoms with Crippen LogP contribution in [0.5, 0.6) is 0 Å². The maximum Gasteiger partial charge on any atom is 0.149 e. The minimum atomic E-state index is -3.25. The second-order valence-corrected chi connectivity index (χ2v) is 11.8. The zero-order valence-electron chi connectivity index (χ0n) is 20.1. The molecule has 35 heavy (non-hydrogen) atoms. The van der Waals surface area contributed by atoms with E-state index in [2.05, 4.69) is 6.92 Å². The first-order valence-electron chi connectivity index (χ1n) is 12.2. The van der Waals surface area contributed by atoms with Crippen molar-refractivity contribution in [2.45, 2.75) is 44.2 Å². The normalized spacial score (nSPS) is 14.2. The zero-order valence-corrected chi connectivity index (χ0v) is 21.0. The summed E-state index contributed by atoms with van der Waals surface area (Å²) in [6.45, 7) is 2.56. The van der Waals surface area contributed by atoms with Crippen molar-refractivity contribution in [1.82, 2.24) is 0 Å². The van der Waals surface area contributed by atoms with Crippen LogP contribution in [0.3, 0.4) is 0 Å². The molecule has 4 rings (SSSR count). The summed E-state index contributed by atoms with van der Waals surface area (Å²) < 4.78 is 21.6. The fraction of sp³-hybridized carbons (Fsp3) is 0.226. The van der Waals surface area contributed by atoms with Crippen molar-refractivity contribution in [3.8, 4) is 0 Å². The molecule has 0 radical (unpaired) electrons. The highest BCUT2D eigenvalue weighted by atomic mass is 31.2. The van der Waals surface area contributed by atoms with Gasteiger partial charge in [0.1, 0.15) is 7.14 Å². The van der Waals surface area contributed by atoms with Crippen molar-refractivity contribution in [1.29, 1.82) is 0 Å². The summed E-state index contributed by atoms with van der Waals surface area (Å²) in [5.41, 5.74) is 1.32. The summed E-state index contributed by atoms with van der Waals surface area (Å²) in [5.74, 6) is 0. The molecule has 4 aromatic carbocycles. The van der Waals surface area contributed by atoms with Gasteiger partial charge < -0.3 is 14.4 Å². The molecule has 0 fully saturated rings.